The fourth-order valence-corrected chi connectivity index (χ4v) is 5.00. The van der Waals surface area contributed by atoms with Crippen LogP contribution >= 0.6 is 0 Å². The predicted octanol–water partition coefficient (Wildman–Crippen LogP) is 3.12. The minimum atomic E-state index is -1.57. The molecular formula is C22H24FN3O4. The van der Waals surface area contributed by atoms with Gasteiger partial charge in [-0.25, -0.2) is 9.18 Å². The molecule has 4 unspecified atom stereocenters. The first kappa shape index (κ1) is 19.1. The summed E-state index contributed by atoms with van der Waals surface area (Å²) >= 11 is 0. The number of hydrogen-bond donors (Lipinski definition) is 2. The van der Waals surface area contributed by atoms with Crippen LogP contribution in [0, 0.1) is 23.6 Å². The standard InChI is InChI=1S/C22H24FN3O4/c1-11-2-5-17(24)15-9-25(8-14(11)15)19-7-18-13(6-16(19)23)21(27)20(30-22(28)29)10-26(18)12-3-4-12/h2,5-7,10-12,14-15,17H,3-4,8-9,24H2,1H3,(H,28,29). The molecule has 2 aliphatic carbocycles. The van der Waals surface area contributed by atoms with E-state index in [1.54, 1.807) is 6.07 Å². The minimum absolute atomic E-state index is 0.0416. The maximum absolute atomic E-state index is 15.2. The fourth-order valence-electron chi connectivity index (χ4n) is 5.00. The van der Waals surface area contributed by atoms with Crippen molar-refractivity contribution >= 4 is 22.7 Å². The molecule has 0 bridgehead atoms. The van der Waals surface area contributed by atoms with E-state index in [-0.39, 0.29) is 29.1 Å². The van der Waals surface area contributed by atoms with Crippen LogP contribution in [-0.4, -0.2) is 35.0 Å². The van der Waals surface area contributed by atoms with Crippen LogP contribution in [0.2, 0.25) is 0 Å². The Morgan fingerprint density at radius 3 is 2.63 bits per heavy atom. The largest absolute Gasteiger partial charge is 0.511 e. The zero-order valence-electron chi connectivity index (χ0n) is 16.6. The number of nitrogens with two attached hydrogens (primary N) is 1. The minimum Gasteiger partial charge on any atom is -0.449 e. The average Bonchev–Trinajstić information content (AvgIpc) is 3.44. The van der Waals surface area contributed by atoms with Crippen molar-refractivity contribution in [2.24, 2.45) is 23.5 Å². The van der Waals surface area contributed by atoms with Crippen molar-refractivity contribution < 1.29 is 19.0 Å². The van der Waals surface area contributed by atoms with Gasteiger partial charge in [0.05, 0.1) is 22.8 Å². The highest BCUT2D eigenvalue weighted by atomic mass is 19.1. The molecule has 158 valence electrons. The Labute approximate surface area is 172 Å². The summed E-state index contributed by atoms with van der Waals surface area (Å²) < 4.78 is 21.7. The molecule has 8 heteroatoms. The Hall–Kier alpha value is -2.87. The van der Waals surface area contributed by atoms with E-state index in [1.807, 2.05) is 15.5 Å². The number of halogens is 1. The molecule has 2 aromatic rings. The molecule has 3 aliphatic rings. The predicted molar refractivity (Wildman–Crippen MR) is 111 cm³/mol. The number of carboxylic acid groups (broad SMARTS) is 1. The summed E-state index contributed by atoms with van der Waals surface area (Å²) in [5, 5.41) is 9.06. The number of benzene rings is 1. The van der Waals surface area contributed by atoms with Gasteiger partial charge in [-0.1, -0.05) is 19.1 Å². The van der Waals surface area contributed by atoms with Gasteiger partial charge in [-0.3, -0.25) is 4.79 Å². The third-order valence-corrected chi connectivity index (χ3v) is 6.77. The maximum Gasteiger partial charge on any atom is 0.511 e. The van der Waals surface area contributed by atoms with Crippen LogP contribution in [0.15, 0.2) is 35.3 Å². The number of rotatable bonds is 3. The molecule has 1 saturated carbocycles. The van der Waals surface area contributed by atoms with Crippen LogP contribution in [0.3, 0.4) is 0 Å². The molecule has 1 aliphatic heterocycles. The smallest absolute Gasteiger partial charge is 0.449 e. The summed E-state index contributed by atoms with van der Waals surface area (Å²) in [5.41, 5.74) is 6.72. The summed E-state index contributed by atoms with van der Waals surface area (Å²) in [4.78, 5) is 25.7. The molecule has 2 fully saturated rings. The molecule has 4 atom stereocenters. The molecule has 3 N–H and O–H groups in total. The normalized spacial score (nSPS) is 28.0. The summed E-state index contributed by atoms with van der Waals surface area (Å²) in [6, 6.07) is 3.04. The van der Waals surface area contributed by atoms with Crippen LogP contribution in [0.4, 0.5) is 14.9 Å². The quantitative estimate of drug-likeness (QED) is 0.593. The highest BCUT2D eigenvalue weighted by Gasteiger charge is 2.41. The Morgan fingerprint density at radius 2 is 1.97 bits per heavy atom. The van der Waals surface area contributed by atoms with Crippen LogP contribution in [-0.2, 0) is 0 Å². The molecule has 5 rings (SSSR count). The van der Waals surface area contributed by atoms with Gasteiger partial charge in [-0.15, -0.1) is 0 Å². The van der Waals surface area contributed by atoms with E-state index in [0.717, 1.165) is 12.8 Å². The molecule has 30 heavy (non-hydrogen) atoms. The number of pyridine rings is 1. The van der Waals surface area contributed by atoms with Gasteiger partial charge in [0.1, 0.15) is 5.82 Å². The van der Waals surface area contributed by atoms with E-state index >= 15 is 4.39 Å². The highest BCUT2D eigenvalue weighted by molar-refractivity contribution is 5.85. The molecule has 0 amide bonds. The van der Waals surface area contributed by atoms with Crippen LogP contribution < -0.4 is 20.8 Å². The molecule has 0 spiro atoms. The fraction of sp³-hybridized carbons (Fsp3) is 0.455. The van der Waals surface area contributed by atoms with Gasteiger partial charge in [0, 0.05) is 31.1 Å². The van der Waals surface area contributed by atoms with E-state index in [4.69, 9.17) is 10.8 Å². The third kappa shape index (κ3) is 3.06. The van der Waals surface area contributed by atoms with E-state index in [9.17, 15) is 9.59 Å². The number of hydrogen-bond acceptors (Lipinski definition) is 5. The first-order valence-electron chi connectivity index (χ1n) is 10.3. The van der Waals surface area contributed by atoms with Gasteiger partial charge >= 0.3 is 6.16 Å². The zero-order chi connectivity index (χ0) is 21.2. The number of ether oxygens (including phenoxy) is 1. The SMILES string of the molecule is CC1C=CC(N)C2CN(c3cc4c(cc3F)c(=O)c(OC(=O)O)cn4C3CC3)CC12. The molecule has 7 nitrogen and oxygen atoms in total. The van der Waals surface area contributed by atoms with Crippen molar-refractivity contribution in [1.29, 1.82) is 0 Å². The van der Waals surface area contributed by atoms with Crippen molar-refractivity contribution in [2.45, 2.75) is 31.8 Å². The molecular weight excluding hydrogens is 389 g/mol. The van der Waals surface area contributed by atoms with E-state index in [1.165, 1.54) is 12.3 Å². The van der Waals surface area contributed by atoms with Crippen molar-refractivity contribution in [3.05, 3.63) is 46.5 Å². The molecule has 1 saturated heterocycles. The van der Waals surface area contributed by atoms with Crippen LogP contribution in [0.5, 0.6) is 5.75 Å². The van der Waals surface area contributed by atoms with Gasteiger partial charge in [0.15, 0.2) is 5.75 Å². The first-order chi connectivity index (χ1) is 14.3. The van der Waals surface area contributed by atoms with E-state index in [0.29, 0.717) is 36.1 Å². The van der Waals surface area contributed by atoms with E-state index < -0.39 is 17.4 Å². The lowest BCUT2D eigenvalue weighted by Gasteiger charge is -2.30. The lowest BCUT2D eigenvalue weighted by atomic mass is 9.77. The van der Waals surface area contributed by atoms with Crippen molar-refractivity contribution in [3.8, 4) is 5.75 Å². The number of nitrogens with zero attached hydrogens (tertiary/aromatic N) is 2. The van der Waals surface area contributed by atoms with Gasteiger partial charge in [0.2, 0.25) is 5.43 Å². The number of aromatic nitrogens is 1. The molecule has 2 heterocycles. The number of fused-ring (bicyclic) bond motifs is 2. The highest BCUT2D eigenvalue weighted by Crippen LogP contribution is 2.41. The second-order valence-electron chi connectivity index (χ2n) is 8.70. The van der Waals surface area contributed by atoms with Crippen LogP contribution in [0.25, 0.3) is 10.9 Å². The summed E-state index contributed by atoms with van der Waals surface area (Å²) in [6.07, 6.45) is 5.89. The number of allylic oxidation sites excluding steroid dienone is 1. The Morgan fingerprint density at radius 1 is 1.23 bits per heavy atom. The van der Waals surface area contributed by atoms with E-state index in [2.05, 4.69) is 17.7 Å². The number of anilines is 1. The van der Waals surface area contributed by atoms with Gasteiger partial charge in [-0.2, -0.15) is 0 Å². The Bertz CT molecular complexity index is 1100. The zero-order valence-corrected chi connectivity index (χ0v) is 16.6. The second kappa shape index (κ2) is 6.84. The van der Waals surface area contributed by atoms with Gasteiger partial charge in [-0.05, 0) is 36.8 Å². The maximum atomic E-state index is 15.2. The molecule has 0 radical (unpaired) electrons. The topological polar surface area (TPSA) is 97.8 Å². The summed E-state index contributed by atoms with van der Waals surface area (Å²) in [5.74, 6) is 0.201. The Kier molecular flexibility index (Phi) is 4.36. The third-order valence-electron chi connectivity index (χ3n) is 6.77. The lowest BCUT2D eigenvalue weighted by molar-refractivity contribution is 0.143. The van der Waals surface area contributed by atoms with Crippen molar-refractivity contribution in [2.75, 3.05) is 18.0 Å². The monoisotopic (exact) mass is 413 g/mol. The van der Waals surface area contributed by atoms with Crippen molar-refractivity contribution in [3.63, 3.8) is 0 Å². The molecule has 1 aromatic heterocycles. The summed E-state index contributed by atoms with van der Waals surface area (Å²) in [7, 11) is 0. The van der Waals surface area contributed by atoms with Crippen molar-refractivity contribution in [1.82, 2.24) is 4.57 Å². The lowest BCUT2D eigenvalue weighted by Crippen LogP contribution is -2.38. The van der Waals surface area contributed by atoms with Gasteiger partial charge < -0.3 is 25.0 Å². The van der Waals surface area contributed by atoms with Gasteiger partial charge in [0.25, 0.3) is 0 Å². The first-order valence-corrected chi connectivity index (χ1v) is 10.3. The molecule has 1 aromatic carbocycles. The van der Waals surface area contributed by atoms with Crippen LogP contribution in [0.1, 0.15) is 25.8 Å². The number of carbonyl (C=O) groups is 1. The second-order valence-corrected chi connectivity index (χ2v) is 8.70. The summed E-state index contributed by atoms with van der Waals surface area (Å²) in [6.45, 7) is 3.53. The average molecular weight is 413 g/mol. The Balaban J connectivity index is 1.60.